The number of carbonyl (C=O) groups excluding carboxylic acids is 1. The first-order valence-electron chi connectivity index (χ1n) is 8.99. The SMILES string of the molecule is O=C(O)/C=C/C(=O)N1CCN(C23CC4CC(CC(C4)C2)C3)CC1. The van der Waals surface area contributed by atoms with E-state index in [4.69, 9.17) is 5.11 Å². The van der Waals surface area contributed by atoms with Gasteiger partial charge < -0.3 is 10.0 Å². The molecule has 5 aliphatic rings. The molecule has 5 rings (SSSR count). The summed E-state index contributed by atoms with van der Waals surface area (Å²) in [6, 6.07) is 0. The van der Waals surface area contributed by atoms with Crippen molar-refractivity contribution in [1.29, 1.82) is 0 Å². The van der Waals surface area contributed by atoms with Crippen molar-refractivity contribution in [3.05, 3.63) is 12.2 Å². The number of hydrogen-bond donors (Lipinski definition) is 1. The molecule has 4 saturated carbocycles. The topological polar surface area (TPSA) is 60.9 Å². The molecular formula is C18H26N2O3. The minimum Gasteiger partial charge on any atom is -0.478 e. The molecule has 1 aliphatic heterocycles. The Labute approximate surface area is 137 Å². The van der Waals surface area contributed by atoms with Crippen molar-refractivity contribution in [3.8, 4) is 0 Å². The number of amides is 1. The Morgan fingerprint density at radius 2 is 1.39 bits per heavy atom. The van der Waals surface area contributed by atoms with Crippen LogP contribution >= 0.6 is 0 Å². The largest absolute Gasteiger partial charge is 0.478 e. The molecule has 0 atom stereocenters. The summed E-state index contributed by atoms with van der Waals surface area (Å²) in [4.78, 5) is 27.0. The predicted octanol–water partition coefficient (Wildman–Crippen LogP) is 1.74. The molecule has 23 heavy (non-hydrogen) atoms. The molecule has 0 aromatic carbocycles. The average molecular weight is 318 g/mol. The number of aliphatic carboxylic acids is 1. The van der Waals surface area contributed by atoms with Crippen LogP contribution in [-0.4, -0.2) is 58.5 Å². The molecule has 5 nitrogen and oxygen atoms in total. The second-order valence-corrected chi connectivity index (χ2v) is 8.13. The molecule has 0 spiro atoms. The maximum absolute atomic E-state index is 12.0. The van der Waals surface area contributed by atoms with E-state index in [0.29, 0.717) is 5.54 Å². The van der Waals surface area contributed by atoms with Gasteiger partial charge in [-0.05, 0) is 56.3 Å². The monoisotopic (exact) mass is 318 g/mol. The van der Waals surface area contributed by atoms with Gasteiger partial charge in [-0.2, -0.15) is 0 Å². The summed E-state index contributed by atoms with van der Waals surface area (Å²) in [5.74, 6) is 1.60. The second kappa shape index (κ2) is 5.62. The quantitative estimate of drug-likeness (QED) is 0.805. The average Bonchev–Trinajstić information content (AvgIpc) is 2.51. The molecule has 5 fully saturated rings. The zero-order chi connectivity index (χ0) is 16.0. The Bertz CT molecular complexity index is 499. The van der Waals surface area contributed by atoms with Gasteiger partial charge in [0, 0.05) is 43.9 Å². The second-order valence-electron chi connectivity index (χ2n) is 8.13. The van der Waals surface area contributed by atoms with E-state index in [0.717, 1.165) is 50.0 Å². The van der Waals surface area contributed by atoms with Crippen molar-refractivity contribution < 1.29 is 14.7 Å². The number of carbonyl (C=O) groups is 2. The molecule has 4 bridgehead atoms. The summed E-state index contributed by atoms with van der Waals surface area (Å²) in [6.07, 6.45) is 10.6. The predicted molar refractivity (Wildman–Crippen MR) is 85.8 cm³/mol. The summed E-state index contributed by atoms with van der Waals surface area (Å²) < 4.78 is 0. The van der Waals surface area contributed by atoms with Crippen molar-refractivity contribution in [2.45, 2.75) is 44.1 Å². The van der Waals surface area contributed by atoms with Gasteiger partial charge in [-0.15, -0.1) is 0 Å². The van der Waals surface area contributed by atoms with E-state index in [1.54, 1.807) is 4.90 Å². The molecule has 126 valence electrons. The van der Waals surface area contributed by atoms with Crippen molar-refractivity contribution in [1.82, 2.24) is 9.80 Å². The Kier molecular flexibility index (Phi) is 3.71. The Morgan fingerprint density at radius 1 is 0.870 bits per heavy atom. The third-order valence-corrected chi connectivity index (χ3v) is 6.64. The zero-order valence-corrected chi connectivity index (χ0v) is 13.6. The number of rotatable bonds is 3. The summed E-state index contributed by atoms with van der Waals surface area (Å²) in [6.45, 7) is 3.34. The molecule has 0 aromatic heterocycles. The lowest BCUT2D eigenvalue weighted by Gasteiger charge is -2.61. The lowest BCUT2D eigenvalue weighted by Crippen LogP contribution is -2.64. The zero-order valence-electron chi connectivity index (χ0n) is 13.6. The highest BCUT2D eigenvalue weighted by Crippen LogP contribution is 2.57. The fourth-order valence-corrected chi connectivity index (χ4v) is 6.10. The summed E-state index contributed by atoms with van der Waals surface area (Å²) in [5, 5.41) is 8.63. The number of hydrogen-bond acceptors (Lipinski definition) is 3. The van der Waals surface area contributed by atoms with Crippen LogP contribution in [0.15, 0.2) is 12.2 Å². The molecule has 0 aromatic rings. The van der Waals surface area contributed by atoms with Crippen molar-refractivity contribution >= 4 is 11.9 Å². The minimum absolute atomic E-state index is 0.169. The highest BCUT2D eigenvalue weighted by Gasteiger charge is 2.53. The highest BCUT2D eigenvalue weighted by molar-refractivity contribution is 5.93. The van der Waals surface area contributed by atoms with Gasteiger partial charge in [0.1, 0.15) is 0 Å². The van der Waals surface area contributed by atoms with Gasteiger partial charge in [0.15, 0.2) is 0 Å². The standard InChI is InChI=1S/C18H26N2O3/c21-16(1-2-17(22)23)19-3-5-20(6-4-19)18-10-13-7-14(11-18)9-15(8-13)12-18/h1-2,13-15H,3-12H2,(H,22,23)/b2-1+. The van der Waals surface area contributed by atoms with Crippen LogP contribution in [0.25, 0.3) is 0 Å². The number of piperazine rings is 1. The van der Waals surface area contributed by atoms with Gasteiger partial charge >= 0.3 is 5.97 Å². The van der Waals surface area contributed by atoms with Gasteiger partial charge in [0.2, 0.25) is 5.91 Å². The number of nitrogens with zero attached hydrogens (tertiary/aromatic N) is 2. The first-order valence-corrected chi connectivity index (χ1v) is 8.99. The molecule has 0 radical (unpaired) electrons. The van der Waals surface area contributed by atoms with Crippen LogP contribution in [0.5, 0.6) is 0 Å². The molecule has 1 amide bonds. The molecular weight excluding hydrogens is 292 g/mol. The van der Waals surface area contributed by atoms with Gasteiger partial charge in [-0.3, -0.25) is 9.69 Å². The molecule has 1 N–H and O–H groups in total. The first-order chi connectivity index (χ1) is 11.0. The molecule has 5 heteroatoms. The van der Waals surface area contributed by atoms with Gasteiger partial charge in [-0.1, -0.05) is 0 Å². The molecule has 1 saturated heterocycles. The Hall–Kier alpha value is -1.36. The van der Waals surface area contributed by atoms with E-state index < -0.39 is 5.97 Å². The summed E-state index contributed by atoms with van der Waals surface area (Å²) in [7, 11) is 0. The lowest BCUT2D eigenvalue weighted by molar-refractivity contribution is -0.135. The lowest BCUT2D eigenvalue weighted by atomic mass is 9.52. The van der Waals surface area contributed by atoms with Crippen LogP contribution in [0.2, 0.25) is 0 Å². The Balaban J connectivity index is 1.38. The van der Waals surface area contributed by atoms with Crippen molar-refractivity contribution in [3.63, 3.8) is 0 Å². The maximum Gasteiger partial charge on any atom is 0.328 e. The van der Waals surface area contributed by atoms with E-state index in [2.05, 4.69) is 4.90 Å². The first kappa shape index (κ1) is 15.2. The smallest absolute Gasteiger partial charge is 0.328 e. The summed E-state index contributed by atoms with van der Waals surface area (Å²) in [5.41, 5.74) is 0.417. The minimum atomic E-state index is -1.06. The molecule has 0 unspecified atom stereocenters. The normalized spacial score (nSPS) is 40.0. The molecule has 4 aliphatic carbocycles. The third-order valence-electron chi connectivity index (χ3n) is 6.64. The van der Waals surface area contributed by atoms with E-state index in [1.165, 1.54) is 44.6 Å². The third kappa shape index (κ3) is 2.80. The van der Waals surface area contributed by atoms with Crippen molar-refractivity contribution in [2.24, 2.45) is 17.8 Å². The van der Waals surface area contributed by atoms with Gasteiger partial charge in [-0.25, -0.2) is 4.79 Å². The van der Waals surface area contributed by atoms with Gasteiger partial charge in [0.05, 0.1) is 0 Å². The highest BCUT2D eigenvalue weighted by atomic mass is 16.4. The number of carboxylic acid groups (broad SMARTS) is 1. The van der Waals surface area contributed by atoms with Crippen LogP contribution in [0.1, 0.15) is 38.5 Å². The van der Waals surface area contributed by atoms with E-state index in [9.17, 15) is 9.59 Å². The van der Waals surface area contributed by atoms with Crippen LogP contribution < -0.4 is 0 Å². The van der Waals surface area contributed by atoms with Crippen LogP contribution in [-0.2, 0) is 9.59 Å². The summed E-state index contributed by atoms with van der Waals surface area (Å²) >= 11 is 0. The Morgan fingerprint density at radius 3 is 1.87 bits per heavy atom. The van der Waals surface area contributed by atoms with Crippen molar-refractivity contribution in [2.75, 3.05) is 26.2 Å². The van der Waals surface area contributed by atoms with Crippen LogP contribution in [0, 0.1) is 17.8 Å². The van der Waals surface area contributed by atoms with E-state index in [-0.39, 0.29) is 5.91 Å². The van der Waals surface area contributed by atoms with Crippen LogP contribution in [0.3, 0.4) is 0 Å². The number of carboxylic acids is 1. The van der Waals surface area contributed by atoms with Gasteiger partial charge in [0.25, 0.3) is 0 Å². The van der Waals surface area contributed by atoms with E-state index >= 15 is 0 Å². The fraction of sp³-hybridized carbons (Fsp3) is 0.778. The van der Waals surface area contributed by atoms with E-state index in [1.807, 2.05) is 0 Å². The fourth-order valence-electron chi connectivity index (χ4n) is 6.10. The van der Waals surface area contributed by atoms with Crippen LogP contribution in [0.4, 0.5) is 0 Å². The maximum atomic E-state index is 12.0. The molecule has 1 heterocycles.